The number of aryl methyl sites for hydroxylation is 1. The van der Waals surface area contributed by atoms with Gasteiger partial charge in [-0.25, -0.2) is 18.5 Å². The van der Waals surface area contributed by atoms with E-state index in [4.69, 9.17) is 15.6 Å². The van der Waals surface area contributed by atoms with Gasteiger partial charge >= 0.3 is 0 Å². The molecule has 1 aliphatic carbocycles. The molecule has 34 heavy (non-hydrogen) atoms. The number of benzene rings is 1. The number of hydrogen-bond acceptors (Lipinski definition) is 7. The van der Waals surface area contributed by atoms with E-state index in [2.05, 4.69) is 27.1 Å². The molecule has 0 amide bonds. The van der Waals surface area contributed by atoms with E-state index in [-0.39, 0.29) is 5.03 Å². The van der Waals surface area contributed by atoms with E-state index in [0.717, 1.165) is 36.1 Å². The van der Waals surface area contributed by atoms with E-state index >= 15 is 0 Å². The maximum Gasteiger partial charge on any atom is 0.257 e. The highest BCUT2D eigenvalue weighted by Crippen LogP contribution is 2.36. The minimum Gasteiger partial charge on any atom is -0.476 e. The molecule has 2 heterocycles. The Morgan fingerprint density at radius 3 is 2.74 bits per heavy atom. The van der Waals surface area contributed by atoms with Gasteiger partial charge in [-0.05, 0) is 69.0 Å². The first-order valence-electron chi connectivity index (χ1n) is 11.3. The fraction of sp³-hybridized carbons (Fsp3) is 0.417. The summed E-state index contributed by atoms with van der Waals surface area (Å²) in [6.45, 7) is 5.69. The summed E-state index contributed by atoms with van der Waals surface area (Å²) < 4.78 is 30.6. The quantitative estimate of drug-likeness (QED) is 0.446. The van der Waals surface area contributed by atoms with Gasteiger partial charge in [0.05, 0.1) is 5.54 Å². The van der Waals surface area contributed by atoms with Gasteiger partial charge in [0.15, 0.2) is 5.03 Å². The number of fused-ring (bicyclic) bond motifs is 1. The smallest absolute Gasteiger partial charge is 0.257 e. The summed E-state index contributed by atoms with van der Waals surface area (Å²) in [5.74, 6) is 0.551. The second kappa shape index (κ2) is 9.36. The van der Waals surface area contributed by atoms with Gasteiger partial charge in [0.2, 0.25) is 5.88 Å². The molecule has 3 aromatic rings. The molecule has 1 aliphatic rings. The summed E-state index contributed by atoms with van der Waals surface area (Å²) in [4.78, 5) is 6.45. The molecule has 0 saturated carbocycles. The van der Waals surface area contributed by atoms with Crippen molar-refractivity contribution in [1.82, 2.24) is 19.7 Å². The minimum atomic E-state index is -3.83. The van der Waals surface area contributed by atoms with Crippen molar-refractivity contribution in [3.8, 4) is 17.0 Å². The van der Waals surface area contributed by atoms with E-state index < -0.39 is 15.6 Å². The number of rotatable bonds is 9. The van der Waals surface area contributed by atoms with Crippen molar-refractivity contribution in [2.45, 2.75) is 43.7 Å². The lowest BCUT2D eigenvalue weighted by molar-refractivity contribution is 0.168. The molecule has 2 aromatic heterocycles. The minimum absolute atomic E-state index is 0.137. The fourth-order valence-corrected chi connectivity index (χ4v) is 4.97. The second-order valence-electron chi connectivity index (χ2n) is 9.44. The molecule has 182 valence electrons. The van der Waals surface area contributed by atoms with E-state index in [1.165, 1.54) is 17.2 Å². The van der Waals surface area contributed by atoms with Crippen molar-refractivity contribution >= 4 is 15.7 Å². The lowest BCUT2D eigenvalue weighted by Crippen LogP contribution is -2.41. The van der Waals surface area contributed by atoms with Crippen molar-refractivity contribution in [3.63, 3.8) is 0 Å². The van der Waals surface area contributed by atoms with Crippen LogP contribution in [-0.2, 0) is 28.4 Å². The number of primary sulfonamides is 1. The number of aromatic nitrogens is 3. The Labute approximate surface area is 200 Å². The van der Waals surface area contributed by atoms with Crippen LogP contribution < -0.4 is 15.6 Å². The van der Waals surface area contributed by atoms with Gasteiger partial charge < -0.3 is 15.4 Å². The first-order valence-corrected chi connectivity index (χ1v) is 12.9. The summed E-state index contributed by atoms with van der Waals surface area (Å²) in [6, 6.07) is 9.55. The van der Waals surface area contributed by atoms with Crippen LogP contribution in [0.2, 0.25) is 0 Å². The number of nitrogens with two attached hydrogens (primary N) is 2. The zero-order valence-electron chi connectivity index (χ0n) is 19.9. The zero-order valence-corrected chi connectivity index (χ0v) is 20.7. The van der Waals surface area contributed by atoms with Gasteiger partial charge in [0.25, 0.3) is 10.0 Å². The van der Waals surface area contributed by atoms with Crippen LogP contribution >= 0.6 is 0 Å². The fourth-order valence-electron chi connectivity index (χ4n) is 4.52. The van der Waals surface area contributed by atoms with Crippen molar-refractivity contribution in [3.05, 3.63) is 53.9 Å². The molecule has 9 nitrogen and oxygen atoms in total. The number of nitrogens with zero attached hydrogens (tertiary/aromatic N) is 4. The predicted octanol–water partition coefficient (Wildman–Crippen LogP) is 2.41. The third-order valence-electron chi connectivity index (χ3n) is 6.23. The Hall–Kier alpha value is -2.95. The molecule has 0 unspecified atom stereocenters. The molecule has 0 aliphatic heterocycles. The third-order valence-corrected chi connectivity index (χ3v) is 7.03. The monoisotopic (exact) mass is 484 g/mol. The maximum absolute atomic E-state index is 11.5. The van der Waals surface area contributed by atoms with Gasteiger partial charge in [0.1, 0.15) is 6.61 Å². The number of hydrogen-bond donors (Lipinski definition) is 2. The van der Waals surface area contributed by atoms with E-state index in [0.29, 0.717) is 25.6 Å². The molecular weight excluding hydrogens is 452 g/mol. The van der Waals surface area contributed by atoms with Crippen LogP contribution in [0.4, 0.5) is 5.69 Å². The van der Waals surface area contributed by atoms with Crippen molar-refractivity contribution in [2.75, 3.05) is 32.5 Å². The standard InChI is InChI=1S/C24H32N6O3S/c1-24(2,30-12-10-22(28-30)34(26,31)32)16-29(3)13-14-33-21-15-18(9-11-27-21)20-8-7-17-5-4-6-19(17)23(20)25/h7-12,15H,4-6,13-14,16,25H2,1-3H3,(H2,26,31,32). The number of nitrogen functional groups attached to an aromatic ring is 1. The lowest BCUT2D eigenvalue weighted by Gasteiger charge is -2.30. The molecule has 0 radical (unpaired) electrons. The Balaban J connectivity index is 1.35. The average molecular weight is 485 g/mol. The van der Waals surface area contributed by atoms with Crippen molar-refractivity contribution < 1.29 is 13.2 Å². The molecule has 0 atom stereocenters. The van der Waals surface area contributed by atoms with Crippen LogP contribution in [0.3, 0.4) is 0 Å². The Morgan fingerprint density at radius 1 is 1.21 bits per heavy atom. The zero-order chi connectivity index (χ0) is 24.5. The molecule has 4 rings (SSSR count). The highest BCUT2D eigenvalue weighted by atomic mass is 32.2. The van der Waals surface area contributed by atoms with E-state index in [1.807, 2.05) is 33.0 Å². The number of pyridine rings is 1. The summed E-state index contributed by atoms with van der Waals surface area (Å²) in [7, 11) is -1.85. The third kappa shape index (κ3) is 5.24. The highest BCUT2D eigenvalue weighted by molar-refractivity contribution is 7.89. The molecule has 10 heteroatoms. The van der Waals surface area contributed by atoms with Gasteiger partial charge in [-0.15, -0.1) is 0 Å². The number of anilines is 1. The van der Waals surface area contributed by atoms with Crippen molar-refractivity contribution in [2.24, 2.45) is 5.14 Å². The average Bonchev–Trinajstić information content (AvgIpc) is 3.44. The maximum atomic E-state index is 11.5. The molecule has 0 saturated heterocycles. The van der Waals surface area contributed by atoms with Gasteiger partial charge in [0, 0.05) is 42.8 Å². The van der Waals surface area contributed by atoms with Crippen LogP contribution in [-0.4, -0.2) is 54.8 Å². The second-order valence-corrected chi connectivity index (χ2v) is 11.0. The van der Waals surface area contributed by atoms with Crippen LogP contribution in [0.25, 0.3) is 11.1 Å². The van der Waals surface area contributed by atoms with Crippen LogP contribution in [0.15, 0.2) is 47.8 Å². The number of ether oxygens (including phenoxy) is 1. The predicted molar refractivity (Wildman–Crippen MR) is 132 cm³/mol. The Kier molecular flexibility index (Phi) is 6.66. The molecular formula is C24H32N6O3S. The van der Waals surface area contributed by atoms with Crippen molar-refractivity contribution in [1.29, 1.82) is 0 Å². The summed E-state index contributed by atoms with van der Waals surface area (Å²) in [5, 5.41) is 9.16. The lowest BCUT2D eigenvalue weighted by atomic mass is 9.98. The summed E-state index contributed by atoms with van der Waals surface area (Å²) in [5.41, 5.74) is 11.5. The molecule has 0 bridgehead atoms. The van der Waals surface area contributed by atoms with Crippen LogP contribution in [0.1, 0.15) is 31.4 Å². The number of sulfonamides is 1. The molecule has 0 spiro atoms. The summed E-state index contributed by atoms with van der Waals surface area (Å²) in [6.07, 6.45) is 6.66. The normalized spacial score (nSPS) is 13.9. The van der Waals surface area contributed by atoms with Gasteiger partial charge in [-0.2, -0.15) is 5.10 Å². The molecule has 1 aromatic carbocycles. The number of likely N-dealkylation sites (N-methyl/N-ethyl adjacent to an activating group) is 1. The molecule has 4 N–H and O–H groups in total. The first kappa shape index (κ1) is 24.2. The first-order chi connectivity index (χ1) is 16.0. The highest BCUT2D eigenvalue weighted by Gasteiger charge is 2.25. The topological polar surface area (TPSA) is 129 Å². The van der Waals surface area contributed by atoms with Gasteiger partial charge in [-0.3, -0.25) is 4.68 Å². The molecule has 0 fully saturated rings. The van der Waals surface area contributed by atoms with E-state index in [1.54, 1.807) is 17.1 Å². The Bertz CT molecular complexity index is 1290. The largest absolute Gasteiger partial charge is 0.476 e. The van der Waals surface area contributed by atoms with Crippen LogP contribution in [0.5, 0.6) is 5.88 Å². The van der Waals surface area contributed by atoms with Gasteiger partial charge in [-0.1, -0.05) is 12.1 Å². The van der Waals surface area contributed by atoms with E-state index in [9.17, 15) is 8.42 Å². The summed E-state index contributed by atoms with van der Waals surface area (Å²) >= 11 is 0. The Morgan fingerprint density at radius 2 is 2.00 bits per heavy atom. The SMILES string of the molecule is CN(CCOc1cc(-c2ccc3c(c2N)CCC3)ccn1)CC(C)(C)n1ccc(S(N)(=O)=O)n1. The van der Waals surface area contributed by atoms with Crippen LogP contribution in [0, 0.1) is 0 Å².